The van der Waals surface area contributed by atoms with Gasteiger partial charge in [0.1, 0.15) is 5.03 Å². The molecule has 1 aromatic rings. The minimum atomic E-state index is 0.451. The van der Waals surface area contributed by atoms with Gasteiger partial charge in [-0.1, -0.05) is 0 Å². The molecule has 10 heavy (non-hydrogen) atoms. The molecule has 0 amide bonds. The summed E-state index contributed by atoms with van der Waals surface area (Å²) in [6, 6.07) is 1.82. The molecule has 50 valence electrons. The fourth-order valence-corrected chi connectivity index (χ4v) is 0.900. The smallest absolute Gasteiger partial charge is 0.205 e. The van der Waals surface area contributed by atoms with Crippen LogP contribution in [0.1, 0.15) is 5.82 Å². The third-order valence-corrected chi connectivity index (χ3v) is 1.61. The molecule has 0 saturated heterocycles. The Hall–Kier alpha value is -1.01. The molecule has 1 aromatic heterocycles. The molecule has 0 aliphatic carbocycles. The number of hydrogen-bond acceptors (Lipinski definition) is 3. The van der Waals surface area contributed by atoms with E-state index in [2.05, 4.69) is 15.9 Å². The standard InChI is InChI=1S/C7H6N2S/c1-3-6-8-5-4-7(9-6)10-2/h1,4-5H,2H3. The van der Waals surface area contributed by atoms with Crippen molar-refractivity contribution in [3.63, 3.8) is 0 Å². The highest BCUT2D eigenvalue weighted by Gasteiger charge is 1.91. The highest BCUT2D eigenvalue weighted by molar-refractivity contribution is 7.98. The number of rotatable bonds is 1. The molecule has 0 spiro atoms. The lowest BCUT2D eigenvalue weighted by Gasteiger charge is -1.92. The lowest BCUT2D eigenvalue weighted by Crippen LogP contribution is -1.87. The third kappa shape index (κ3) is 1.49. The predicted octanol–water partition coefficient (Wildman–Crippen LogP) is 1.18. The molecule has 0 saturated carbocycles. The van der Waals surface area contributed by atoms with Crippen LogP contribution in [0.5, 0.6) is 0 Å². The summed E-state index contributed by atoms with van der Waals surface area (Å²) in [5.41, 5.74) is 0. The van der Waals surface area contributed by atoms with Gasteiger partial charge in [0.25, 0.3) is 0 Å². The maximum absolute atomic E-state index is 5.09. The molecule has 0 unspecified atom stereocenters. The highest BCUT2D eigenvalue weighted by Crippen LogP contribution is 2.08. The summed E-state index contributed by atoms with van der Waals surface area (Å²) in [5, 5.41) is 0.906. The Balaban J connectivity index is 3.01. The van der Waals surface area contributed by atoms with Crippen molar-refractivity contribution in [1.29, 1.82) is 0 Å². The van der Waals surface area contributed by atoms with Gasteiger partial charge in [-0.15, -0.1) is 18.2 Å². The molecule has 3 heteroatoms. The maximum Gasteiger partial charge on any atom is 0.205 e. The van der Waals surface area contributed by atoms with Gasteiger partial charge in [0, 0.05) is 6.20 Å². The number of aromatic nitrogens is 2. The first-order valence-electron chi connectivity index (χ1n) is 2.70. The van der Waals surface area contributed by atoms with Crippen LogP contribution in [-0.4, -0.2) is 16.2 Å². The van der Waals surface area contributed by atoms with Gasteiger partial charge in [-0.25, -0.2) is 9.97 Å². The van der Waals surface area contributed by atoms with Crippen molar-refractivity contribution in [3.8, 4) is 12.3 Å². The van der Waals surface area contributed by atoms with Gasteiger partial charge in [0.2, 0.25) is 5.82 Å². The van der Waals surface area contributed by atoms with Crippen LogP contribution >= 0.6 is 11.8 Å². The maximum atomic E-state index is 5.09. The lowest BCUT2D eigenvalue weighted by molar-refractivity contribution is 1.02. The van der Waals surface area contributed by atoms with E-state index in [0.717, 1.165) is 5.03 Å². The first-order chi connectivity index (χ1) is 4.86. The second-order valence-electron chi connectivity index (χ2n) is 1.57. The number of terminal acetylenes is 1. The van der Waals surface area contributed by atoms with Crippen molar-refractivity contribution in [2.75, 3.05) is 6.26 Å². The molecule has 2 nitrogen and oxygen atoms in total. The SMILES string of the molecule is C#Cc1nccc(SC)n1. The molecule has 0 fully saturated rings. The van der Waals surface area contributed by atoms with E-state index in [1.807, 2.05) is 12.3 Å². The second-order valence-corrected chi connectivity index (χ2v) is 2.39. The Bertz CT molecular complexity index is 265. The van der Waals surface area contributed by atoms with E-state index in [9.17, 15) is 0 Å². The van der Waals surface area contributed by atoms with Crippen LogP contribution in [-0.2, 0) is 0 Å². The Kier molecular flexibility index (Phi) is 2.30. The zero-order valence-electron chi connectivity index (χ0n) is 5.53. The fourth-order valence-electron chi connectivity index (χ4n) is 0.525. The molecule has 0 aromatic carbocycles. The van der Waals surface area contributed by atoms with Crippen molar-refractivity contribution in [1.82, 2.24) is 9.97 Å². The molecule has 0 aliphatic rings. The van der Waals surface area contributed by atoms with E-state index < -0.39 is 0 Å². The van der Waals surface area contributed by atoms with Gasteiger partial charge in [-0.2, -0.15) is 0 Å². The van der Waals surface area contributed by atoms with Crippen LogP contribution < -0.4 is 0 Å². The van der Waals surface area contributed by atoms with Crippen molar-refractivity contribution < 1.29 is 0 Å². The minimum absolute atomic E-state index is 0.451. The van der Waals surface area contributed by atoms with E-state index in [0.29, 0.717) is 5.82 Å². The molecule has 1 heterocycles. The molecule has 0 atom stereocenters. The minimum Gasteiger partial charge on any atom is -0.229 e. The Morgan fingerprint density at radius 3 is 3.10 bits per heavy atom. The quantitative estimate of drug-likeness (QED) is 0.341. The van der Waals surface area contributed by atoms with E-state index in [1.54, 1.807) is 18.0 Å². The van der Waals surface area contributed by atoms with E-state index >= 15 is 0 Å². The zero-order valence-corrected chi connectivity index (χ0v) is 6.35. The highest BCUT2D eigenvalue weighted by atomic mass is 32.2. The van der Waals surface area contributed by atoms with Gasteiger partial charge in [0.05, 0.1) is 0 Å². The zero-order chi connectivity index (χ0) is 7.40. The second kappa shape index (κ2) is 3.23. The molecule has 0 bridgehead atoms. The Morgan fingerprint density at radius 2 is 2.50 bits per heavy atom. The first kappa shape index (κ1) is 7.10. The monoisotopic (exact) mass is 150 g/mol. The van der Waals surface area contributed by atoms with Crippen LogP contribution in [0.2, 0.25) is 0 Å². The lowest BCUT2D eigenvalue weighted by atomic mass is 10.6. The summed E-state index contributed by atoms with van der Waals surface area (Å²) in [5.74, 6) is 2.82. The van der Waals surface area contributed by atoms with Crippen LogP contribution in [0.25, 0.3) is 0 Å². The normalized spacial score (nSPS) is 8.80. The summed E-state index contributed by atoms with van der Waals surface area (Å²) in [7, 11) is 0. The summed E-state index contributed by atoms with van der Waals surface area (Å²) >= 11 is 1.55. The average Bonchev–Trinajstić information content (AvgIpc) is 2.05. The van der Waals surface area contributed by atoms with Crippen LogP contribution in [0.15, 0.2) is 17.3 Å². The van der Waals surface area contributed by atoms with Gasteiger partial charge in [-0.3, -0.25) is 0 Å². The Labute approximate surface area is 64.1 Å². The van der Waals surface area contributed by atoms with Crippen molar-refractivity contribution in [2.45, 2.75) is 5.03 Å². The first-order valence-corrected chi connectivity index (χ1v) is 3.93. The Morgan fingerprint density at radius 1 is 1.70 bits per heavy atom. The number of hydrogen-bond donors (Lipinski definition) is 0. The molecular formula is C7H6N2S. The molecule has 1 rings (SSSR count). The van der Waals surface area contributed by atoms with Crippen molar-refractivity contribution in [3.05, 3.63) is 18.1 Å². The van der Waals surface area contributed by atoms with Crippen LogP contribution in [0, 0.1) is 12.3 Å². The molecule has 0 radical (unpaired) electrons. The van der Waals surface area contributed by atoms with E-state index in [4.69, 9.17) is 6.42 Å². The average molecular weight is 150 g/mol. The fraction of sp³-hybridized carbons (Fsp3) is 0.143. The molecule has 0 N–H and O–H groups in total. The van der Waals surface area contributed by atoms with E-state index in [-0.39, 0.29) is 0 Å². The van der Waals surface area contributed by atoms with Crippen LogP contribution in [0.3, 0.4) is 0 Å². The van der Waals surface area contributed by atoms with Gasteiger partial charge >= 0.3 is 0 Å². The van der Waals surface area contributed by atoms with Gasteiger partial charge in [-0.05, 0) is 18.2 Å². The summed E-state index contributed by atoms with van der Waals surface area (Å²) in [6.45, 7) is 0. The van der Waals surface area contributed by atoms with Gasteiger partial charge < -0.3 is 0 Å². The number of thioether (sulfide) groups is 1. The summed E-state index contributed by atoms with van der Waals surface area (Å²) in [6.07, 6.45) is 8.70. The molecular weight excluding hydrogens is 144 g/mol. The summed E-state index contributed by atoms with van der Waals surface area (Å²) < 4.78 is 0. The van der Waals surface area contributed by atoms with E-state index in [1.165, 1.54) is 0 Å². The summed E-state index contributed by atoms with van der Waals surface area (Å²) in [4.78, 5) is 7.87. The van der Waals surface area contributed by atoms with Crippen molar-refractivity contribution >= 4 is 11.8 Å². The topological polar surface area (TPSA) is 25.8 Å². The van der Waals surface area contributed by atoms with Crippen molar-refractivity contribution in [2.24, 2.45) is 0 Å². The van der Waals surface area contributed by atoms with Crippen LogP contribution in [0.4, 0.5) is 0 Å². The third-order valence-electron chi connectivity index (χ3n) is 0.968. The van der Waals surface area contributed by atoms with Gasteiger partial charge in [0.15, 0.2) is 0 Å². The predicted molar refractivity (Wildman–Crippen MR) is 41.7 cm³/mol. The molecule has 0 aliphatic heterocycles. The number of nitrogens with zero attached hydrogens (tertiary/aromatic N) is 2. The largest absolute Gasteiger partial charge is 0.229 e.